The average molecular weight is 520 g/mol. The summed E-state index contributed by atoms with van der Waals surface area (Å²) in [5, 5.41) is 39.0. The predicted molar refractivity (Wildman–Crippen MR) is 147 cm³/mol. The molecule has 2 unspecified atom stereocenters. The van der Waals surface area contributed by atoms with Gasteiger partial charge in [0.25, 0.3) is 5.69 Å². The number of rotatable bonds is 11. The number of benzene rings is 3. The van der Waals surface area contributed by atoms with Crippen molar-refractivity contribution in [1.29, 1.82) is 0 Å². The third kappa shape index (κ3) is 6.50. The van der Waals surface area contributed by atoms with Crippen molar-refractivity contribution in [1.82, 2.24) is 0 Å². The Kier molecular flexibility index (Phi) is 9.48. The Morgan fingerprint density at radius 2 is 1.24 bits per heavy atom. The second kappa shape index (κ2) is 12.8. The van der Waals surface area contributed by atoms with Gasteiger partial charge in [-0.25, -0.2) is 0 Å². The van der Waals surface area contributed by atoms with Gasteiger partial charge in [-0.3, -0.25) is 10.1 Å². The summed E-state index contributed by atoms with van der Waals surface area (Å²) in [7, 11) is 3.02. The van der Waals surface area contributed by atoms with E-state index in [4.69, 9.17) is 9.47 Å². The van der Waals surface area contributed by atoms with Gasteiger partial charge in [-0.2, -0.15) is 10.2 Å². The van der Waals surface area contributed by atoms with Crippen molar-refractivity contribution in [2.24, 2.45) is 20.5 Å². The van der Waals surface area contributed by atoms with E-state index in [1.165, 1.54) is 38.5 Å². The van der Waals surface area contributed by atoms with E-state index in [1.807, 2.05) is 12.1 Å². The number of nitro benzene ring substituents is 1. The molecule has 10 heteroatoms. The Balaban J connectivity index is 1.98. The van der Waals surface area contributed by atoms with Gasteiger partial charge in [0.15, 0.2) is 0 Å². The molecule has 3 aromatic carbocycles. The maximum atomic E-state index is 10.9. The first-order chi connectivity index (χ1) is 18.2. The van der Waals surface area contributed by atoms with E-state index < -0.39 is 4.92 Å². The molecule has 10 nitrogen and oxygen atoms in total. The molecule has 0 amide bonds. The number of non-ortho nitro benzene ring substituents is 1. The smallest absolute Gasteiger partial charge is 0.269 e. The summed E-state index contributed by atoms with van der Waals surface area (Å²) in [6, 6.07) is 12.8. The highest BCUT2D eigenvalue weighted by Crippen LogP contribution is 2.43. The quantitative estimate of drug-likeness (QED) is 0.153. The predicted octanol–water partition coefficient (Wildman–Crippen LogP) is 9.18. The van der Waals surface area contributed by atoms with Crippen LogP contribution in [0.5, 0.6) is 17.2 Å². The number of nitrogens with zero attached hydrogens (tertiary/aromatic N) is 5. The van der Waals surface area contributed by atoms with Gasteiger partial charge in [-0.15, -0.1) is 10.2 Å². The Morgan fingerprint density at radius 3 is 1.63 bits per heavy atom. The highest BCUT2D eigenvalue weighted by atomic mass is 16.6. The molecule has 0 radical (unpaired) electrons. The number of ether oxygens (including phenoxy) is 2. The molecular formula is C28H33N5O5. The molecule has 0 saturated heterocycles. The largest absolute Gasteiger partial charge is 0.507 e. The summed E-state index contributed by atoms with van der Waals surface area (Å²) < 4.78 is 11.0. The van der Waals surface area contributed by atoms with E-state index in [9.17, 15) is 15.2 Å². The summed E-state index contributed by atoms with van der Waals surface area (Å²) in [5.74, 6) is 1.48. The van der Waals surface area contributed by atoms with E-state index in [0.717, 1.165) is 24.0 Å². The molecule has 0 aliphatic carbocycles. The summed E-state index contributed by atoms with van der Waals surface area (Å²) in [6.07, 6.45) is 1.77. The zero-order valence-electron chi connectivity index (χ0n) is 22.5. The lowest BCUT2D eigenvalue weighted by Crippen LogP contribution is -1.98. The number of phenols is 1. The number of nitro groups is 1. The third-order valence-corrected chi connectivity index (χ3v) is 6.53. The van der Waals surface area contributed by atoms with E-state index in [-0.39, 0.29) is 17.5 Å². The van der Waals surface area contributed by atoms with Gasteiger partial charge in [0.2, 0.25) is 0 Å². The van der Waals surface area contributed by atoms with Gasteiger partial charge >= 0.3 is 0 Å². The van der Waals surface area contributed by atoms with Crippen LogP contribution >= 0.6 is 0 Å². The molecule has 200 valence electrons. The van der Waals surface area contributed by atoms with Gasteiger partial charge in [0.05, 0.1) is 30.5 Å². The van der Waals surface area contributed by atoms with Gasteiger partial charge in [-0.05, 0) is 60.1 Å². The fraction of sp³-hybridized carbons (Fsp3) is 0.357. The number of phenolic OH excluding ortho intramolecular Hbond substituents is 1. The summed E-state index contributed by atoms with van der Waals surface area (Å²) in [6.45, 7) is 8.32. The maximum Gasteiger partial charge on any atom is 0.269 e. The molecule has 0 fully saturated rings. The Hall–Kier alpha value is -4.34. The second-order valence-corrected chi connectivity index (χ2v) is 8.96. The monoisotopic (exact) mass is 519 g/mol. The number of hydrogen-bond acceptors (Lipinski definition) is 9. The topological polar surface area (TPSA) is 131 Å². The van der Waals surface area contributed by atoms with Crippen LogP contribution in [0.2, 0.25) is 0 Å². The standard InChI is InChI=1S/C28H33N5O5/c1-7-17(3)22-13-20(14-23(28(22)34)18(4)8-2)30-32-25-16-26(37-5)24(15-27(25)38-6)31-29-19-9-11-21(12-10-19)33(35)36/h9-18,34H,7-8H2,1-6H3. The van der Waals surface area contributed by atoms with Crippen molar-refractivity contribution >= 4 is 28.4 Å². The van der Waals surface area contributed by atoms with Gasteiger partial charge in [-0.1, -0.05) is 27.7 Å². The summed E-state index contributed by atoms with van der Waals surface area (Å²) in [4.78, 5) is 10.4. The highest BCUT2D eigenvalue weighted by Gasteiger charge is 2.18. The summed E-state index contributed by atoms with van der Waals surface area (Å²) >= 11 is 0. The molecule has 0 aliphatic heterocycles. The van der Waals surface area contributed by atoms with Crippen LogP contribution in [-0.4, -0.2) is 24.2 Å². The van der Waals surface area contributed by atoms with E-state index >= 15 is 0 Å². The summed E-state index contributed by atoms with van der Waals surface area (Å²) in [5.41, 5.74) is 3.58. The van der Waals surface area contributed by atoms with Gasteiger partial charge in [0, 0.05) is 24.3 Å². The molecule has 3 rings (SSSR count). The minimum Gasteiger partial charge on any atom is -0.507 e. The Bertz CT molecular complexity index is 1310. The fourth-order valence-electron chi connectivity index (χ4n) is 3.80. The van der Waals surface area contributed by atoms with Crippen LogP contribution in [0.15, 0.2) is 69.0 Å². The van der Waals surface area contributed by atoms with Crippen LogP contribution in [0.1, 0.15) is 63.5 Å². The molecule has 38 heavy (non-hydrogen) atoms. The minimum atomic E-state index is -0.476. The Labute approximate surface area is 222 Å². The molecule has 3 aromatic rings. The van der Waals surface area contributed by atoms with Crippen LogP contribution < -0.4 is 9.47 Å². The lowest BCUT2D eigenvalue weighted by Gasteiger charge is -2.18. The first kappa shape index (κ1) is 28.2. The van der Waals surface area contributed by atoms with Gasteiger partial charge in [0.1, 0.15) is 28.6 Å². The molecular weight excluding hydrogens is 486 g/mol. The van der Waals surface area contributed by atoms with E-state index in [1.54, 1.807) is 12.1 Å². The third-order valence-electron chi connectivity index (χ3n) is 6.53. The van der Waals surface area contributed by atoms with Crippen LogP contribution in [0.3, 0.4) is 0 Å². The number of aromatic hydroxyl groups is 1. The van der Waals surface area contributed by atoms with Crippen molar-refractivity contribution in [2.45, 2.75) is 52.4 Å². The lowest BCUT2D eigenvalue weighted by atomic mass is 9.89. The number of hydrogen-bond donors (Lipinski definition) is 1. The first-order valence-corrected chi connectivity index (χ1v) is 12.4. The van der Waals surface area contributed by atoms with Crippen molar-refractivity contribution in [3.05, 3.63) is 69.8 Å². The average Bonchev–Trinajstić information content (AvgIpc) is 2.94. The zero-order valence-corrected chi connectivity index (χ0v) is 22.5. The van der Waals surface area contributed by atoms with Crippen molar-refractivity contribution in [3.8, 4) is 17.2 Å². The lowest BCUT2D eigenvalue weighted by molar-refractivity contribution is -0.384. The molecule has 1 N–H and O–H groups in total. The fourth-order valence-corrected chi connectivity index (χ4v) is 3.80. The number of azo groups is 2. The molecule has 0 bridgehead atoms. The van der Waals surface area contributed by atoms with Crippen LogP contribution in [0.25, 0.3) is 0 Å². The first-order valence-electron chi connectivity index (χ1n) is 12.4. The SMILES string of the molecule is CCC(C)c1cc(N=Nc2cc(OC)c(N=Nc3ccc([N+](=O)[O-])cc3)cc2OC)cc(C(C)CC)c1O. The molecule has 0 heterocycles. The zero-order chi connectivity index (χ0) is 27.8. The van der Waals surface area contributed by atoms with Crippen LogP contribution in [0.4, 0.5) is 28.4 Å². The van der Waals surface area contributed by atoms with E-state index in [0.29, 0.717) is 40.0 Å². The van der Waals surface area contributed by atoms with Gasteiger partial charge < -0.3 is 14.6 Å². The van der Waals surface area contributed by atoms with Crippen LogP contribution in [-0.2, 0) is 0 Å². The van der Waals surface area contributed by atoms with Crippen LogP contribution in [0, 0.1) is 10.1 Å². The normalized spacial score (nSPS) is 13.1. The van der Waals surface area contributed by atoms with Crippen molar-refractivity contribution < 1.29 is 19.5 Å². The van der Waals surface area contributed by atoms with Crippen molar-refractivity contribution in [2.75, 3.05) is 14.2 Å². The molecule has 2 atom stereocenters. The Morgan fingerprint density at radius 1 is 0.789 bits per heavy atom. The molecule has 0 spiro atoms. The second-order valence-electron chi connectivity index (χ2n) is 8.96. The van der Waals surface area contributed by atoms with Crippen molar-refractivity contribution in [3.63, 3.8) is 0 Å². The maximum absolute atomic E-state index is 10.9. The minimum absolute atomic E-state index is 0.0286. The molecule has 0 aliphatic rings. The molecule has 0 aromatic heterocycles. The number of methoxy groups -OCH3 is 2. The van der Waals surface area contributed by atoms with E-state index in [2.05, 4.69) is 48.2 Å². The molecule has 0 saturated carbocycles. The highest BCUT2D eigenvalue weighted by molar-refractivity contribution is 5.67.